The predicted molar refractivity (Wildman–Crippen MR) is 73.5 cm³/mol. The largest absolute Gasteiger partial charge is 0.462 e. The predicted octanol–water partition coefficient (Wildman–Crippen LogP) is 2.35. The molecule has 2 heterocycles. The van der Waals surface area contributed by atoms with Crippen LogP contribution >= 0.6 is 0 Å². The Balaban J connectivity index is 1.78. The molecule has 2 saturated heterocycles. The van der Waals surface area contributed by atoms with Crippen molar-refractivity contribution in [1.82, 2.24) is 0 Å². The molecule has 0 bridgehead atoms. The summed E-state index contributed by atoms with van der Waals surface area (Å²) in [5, 5.41) is 0. The molecule has 0 N–H and O–H groups in total. The Morgan fingerprint density at radius 2 is 1.15 bits per heavy atom. The Morgan fingerprint density at radius 1 is 0.750 bits per heavy atom. The Hall–Kier alpha value is -2.36. The lowest BCUT2D eigenvalue weighted by Crippen LogP contribution is -1.94. The lowest BCUT2D eigenvalue weighted by atomic mass is 10.1. The van der Waals surface area contributed by atoms with Gasteiger partial charge in [-0.15, -0.1) is 0 Å². The van der Waals surface area contributed by atoms with Gasteiger partial charge in [-0.05, 0) is 23.3 Å². The summed E-state index contributed by atoms with van der Waals surface area (Å²) in [4.78, 5) is 22.7. The third kappa shape index (κ3) is 2.64. The summed E-state index contributed by atoms with van der Waals surface area (Å²) in [5.74, 6) is -0.463. The third-order valence-electron chi connectivity index (χ3n) is 3.35. The number of esters is 2. The summed E-state index contributed by atoms with van der Waals surface area (Å²) in [7, 11) is 0. The van der Waals surface area contributed by atoms with Crippen molar-refractivity contribution in [3.05, 3.63) is 46.5 Å². The van der Waals surface area contributed by atoms with Crippen molar-refractivity contribution in [2.75, 3.05) is 13.2 Å². The lowest BCUT2D eigenvalue weighted by Gasteiger charge is -1.98. The highest BCUT2D eigenvalue weighted by Crippen LogP contribution is 2.20. The van der Waals surface area contributed by atoms with Gasteiger partial charge in [0.25, 0.3) is 0 Å². The molecule has 0 aromatic heterocycles. The maximum atomic E-state index is 11.4. The summed E-state index contributed by atoms with van der Waals surface area (Å²) in [5.41, 5.74) is 3.32. The average molecular weight is 270 g/mol. The molecule has 1 aromatic carbocycles. The summed E-state index contributed by atoms with van der Waals surface area (Å²) >= 11 is 0. The highest BCUT2D eigenvalue weighted by Gasteiger charge is 2.19. The molecule has 1 aromatic rings. The second-order valence-corrected chi connectivity index (χ2v) is 4.78. The van der Waals surface area contributed by atoms with E-state index in [0.717, 1.165) is 11.1 Å². The zero-order chi connectivity index (χ0) is 13.9. The van der Waals surface area contributed by atoms with Crippen LogP contribution in [-0.4, -0.2) is 25.2 Å². The van der Waals surface area contributed by atoms with Gasteiger partial charge in [-0.25, -0.2) is 9.59 Å². The second kappa shape index (κ2) is 5.33. The van der Waals surface area contributed by atoms with E-state index >= 15 is 0 Å². The van der Waals surface area contributed by atoms with Crippen LogP contribution in [0.5, 0.6) is 0 Å². The fourth-order valence-corrected chi connectivity index (χ4v) is 2.25. The minimum absolute atomic E-state index is 0.232. The van der Waals surface area contributed by atoms with E-state index in [1.165, 1.54) is 0 Å². The number of benzene rings is 1. The van der Waals surface area contributed by atoms with Gasteiger partial charge in [-0.3, -0.25) is 0 Å². The van der Waals surface area contributed by atoms with E-state index in [-0.39, 0.29) is 11.9 Å². The molecule has 2 fully saturated rings. The van der Waals surface area contributed by atoms with Crippen LogP contribution in [0.15, 0.2) is 35.4 Å². The van der Waals surface area contributed by atoms with E-state index in [1.54, 1.807) is 0 Å². The minimum atomic E-state index is -0.232. The molecule has 3 rings (SSSR count). The minimum Gasteiger partial charge on any atom is -0.462 e. The Kier molecular flexibility index (Phi) is 3.37. The fourth-order valence-electron chi connectivity index (χ4n) is 2.25. The number of carbonyl (C=O) groups excluding carboxylic acids is 2. The highest BCUT2D eigenvalue weighted by atomic mass is 16.5. The van der Waals surface area contributed by atoms with Crippen LogP contribution in [0.1, 0.15) is 24.0 Å². The maximum Gasteiger partial charge on any atom is 0.334 e. The molecule has 0 saturated carbocycles. The Morgan fingerprint density at radius 3 is 1.45 bits per heavy atom. The van der Waals surface area contributed by atoms with Crippen LogP contribution < -0.4 is 0 Å². The molecule has 0 spiro atoms. The van der Waals surface area contributed by atoms with Gasteiger partial charge in [-0.2, -0.15) is 0 Å². The fraction of sp³-hybridized carbons (Fsp3) is 0.250. The molecule has 0 amide bonds. The highest BCUT2D eigenvalue weighted by molar-refractivity contribution is 5.96. The van der Waals surface area contributed by atoms with E-state index in [9.17, 15) is 9.59 Å². The van der Waals surface area contributed by atoms with Crippen LogP contribution in [0.2, 0.25) is 0 Å². The van der Waals surface area contributed by atoms with Crippen LogP contribution in [0, 0.1) is 0 Å². The molecule has 0 aliphatic carbocycles. The summed E-state index contributed by atoms with van der Waals surface area (Å²) < 4.78 is 9.79. The first-order chi connectivity index (χ1) is 9.72. The van der Waals surface area contributed by atoms with Gasteiger partial charge >= 0.3 is 11.9 Å². The SMILES string of the molecule is O=C1OCC/C1=C/c1ccc(/C=C2/CCOC2=O)cc1. The van der Waals surface area contributed by atoms with Crippen LogP contribution in [0.25, 0.3) is 12.2 Å². The quantitative estimate of drug-likeness (QED) is 0.611. The van der Waals surface area contributed by atoms with Gasteiger partial charge in [-0.1, -0.05) is 24.3 Å². The van der Waals surface area contributed by atoms with E-state index in [0.29, 0.717) is 37.2 Å². The molecule has 2 aliphatic heterocycles. The van der Waals surface area contributed by atoms with Crippen LogP contribution in [0.3, 0.4) is 0 Å². The van der Waals surface area contributed by atoms with E-state index in [1.807, 2.05) is 36.4 Å². The number of hydrogen-bond donors (Lipinski definition) is 0. The average Bonchev–Trinajstić information content (AvgIpc) is 3.02. The molecule has 2 aliphatic rings. The molecule has 4 nitrogen and oxygen atoms in total. The molecule has 0 unspecified atom stereocenters. The van der Waals surface area contributed by atoms with Crippen LogP contribution in [-0.2, 0) is 19.1 Å². The third-order valence-corrected chi connectivity index (χ3v) is 3.35. The van der Waals surface area contributed by atoms with E-state index in [2.05, 4.69) is 0 Å². The second-order valence-electron chi connectivity index (χ2n) is 4.78. The first kappa shape index (κ1) is 12.7. The summed E-state index contributed by atoms with van der Waals surface area (Å²) in [6, 6.07) is 7.69. The van der Waals surface area contributed by atoms with Crippen molar-refractivity contribution >= 4 is 24.1 Å². The zero-order valence-corrected chi connectivity index (χ0v) is 10.9. The molecule has 20 heavy (non-hydrogen) atoms. The first-order valence-corrected chi connectivity index (χ1v) is 6.58. The molecule has 4 heteroatoms. The molecular weight excluding hydrogens is 256 g/mol. The van der Waals surface area contributed by atoms with Crippen molar-refractivity contribution in [1.29, 1.82) is 0 Å². The number of ether oxygens (including phenoxy) is 2. The lowest BCUT2D eigenvalue weighted by molar-refractivity contribution is -0.135. The standard InChI is InChI=1S/C16H14O4/c17-15-13(5-7-19-15)9-11-1-2-12(4-3-11)10-14-6-8-20-16(14)18/h1-4,9-10H,5-8H2/b13-9-,14-10-. The topological polar surface area (TPSA) is 52.6 Å². The van der Waals surface area contributed by atoms with Crippen LogP contribution in [0.4, 0.5) is 0 Å². The summed E-state index contributed by atoms with van der Waals surface area (Å²) in [6.45, 7) is 0.938. The van der Waals surface area contributed by atoms with E-state index < -0.39 is 0 Å². The number of carbonyl (C=O) groups is 2. The van der Waals surface area contributed by atoms with Crippen molar-refractivity contribution in [2.24, 2.45) is 0 Å². The van der Waals surface area contributed by atoms with Gasteiger partial charge in [0, 0.05) is 24.0 Å². The van der Waals surface area contributed by atoms with Gasteiger partial charge in [0.2, 0.25) is 0 Å². The van der Waals surface area contributed by atoms with Gasteiger partial charge in [0.1, 0.15) is 0 Å². The van der Waals surface area contributed by atoms with Crippen molar-refractivity contribution in [3.63, 3.8) is 0 Å². The Bertz CT molecular complexity index is 553. The molecule has 0 radical (unpaired) electrons. The van der Waals surface area contributed by atoms with E-state index in [4.69, 9.17) is 9.47 Å². The zero-order valence-electron chi connectivity index (χ0n) is 10.9. The van der Waals surface area contributed by atoms with Crippen molar-refractivity contribution in [2.45, 2.75) is 12.8 Å². The normalized spacial score (nSPS) is 22.4. The van der Waals surface area contributed by atoms with Gasteiger partial charge < -0.3 is 9.47 Å². The number of rotatable bonds is 2. The van der Waals surface area contributed by atoms with Gasteiger partial charge in [0.05, 0.1) is 13.2 Å². The molecule has 102 valence electrons. The summed E-state index contributed by atoms with van der Waals surface area (Å²) in [6.07, 6.45) is 5.01. The smallest absolute Gasteiger partial charge is 0.334 e. The first-order valence-electron chi connectivity index (χ1n) is 6.58. The maximum absolute atomic E-state index is 11.4. The van der Waals surface area contributed by atoms with Crippen molar-refractivity contribution < 1.29 is 19.1 Å². The van der Waals surface area contributed by atoms with Gasteiger partial charge in [0.15, 0.2) is 0 Å². The molecular formula is C16H14O4. The monoisotopic (exact) mass is 270 g/mol. The van der Waals surface area contributed by atoms with Crippen molar-refractivity contribution in [3.8, 4) is 0 Å². The Labute approximate surface area is 116 Å². The number of cyclic esters (lactones) is 2. The molecule has 0 atom stereocenters. The number of hydrogen-bond acceptors (Lipinski definition) is 4.